The quantitative estimate of drug-likeness (QED) is 0.398. The first-order chi connectivity index (χ1) is 11.2. The molecule has 6 nitrogen and oxygen atoms in total. The molecule has 0 aromatic carbocycles. The number of hydrogen-bond donors (Lipinski definition) is 4. The lowest BCUT2D eigenvalue weighted by molar-refractivity contribution is -0.121. The van der Waals surface area contributed by atoms with Crippen LogP contribution in [0.5, 0.6) is 0 Å². The molecule has 3 rings (SSSR count). The molecule has 0 spiro atoms. The van der Waals surface area contributed by atoms with Gasteiger partial charge in [-0.05, 0) is 44.7 Å². The van der Waals surface area contributed by atoms with Gasteiger partial charge in [-0.3, -0.25) is 4.79 Å². The molecule has 24 heavy (non-hydrogen) atoms. The van der Waals surface area contributed by atoms with Crippen molar-refractivity contribution in [2.24, 2.45) is 5.92 Å². The number of thioether (sulfide) groups is 1. The second-order valence-corrected chi connectivity index (χ2v) is 8.14. The van der Waals surface area contributed by atoms with Gasteiger partial charge >= 0.3 is 6.03 Å². The lowest BCUT2D eigenvalue weighted by Gasteiger charge is -2.22. The summed E-state index contributed by atoms with van der Waals surface area (Å²) in [5.74, 6) is 1.84. The summed E-state index contributed by atoms with van der Waals surface area (Å²) < 4.78 is 0. The number of halogens is 1. The van der Waals surface area contributed by atoms with Gasteiger partial charge in [-0.25, -0.2) is 4.79 Å². The maximum atomic E-state index is 11.9. The van der Waals surface area contributed by atoms with Crippen molar-refractivity contribution in [1.82, 2.24) is 21.3 Å². The zero-order valence-electron chi connectivity index (χ0n) is 14.0. The highest BCUT2D eigenvalue weighted by molar-refractivity contribution is 8.00. The van der Waals surface area contributed by atoms with E-state index in [0.717, 1.165) is 44.6 Å². The summed E-state index contributed by atoms with van der Waals surface area (Å²) >= 11 is 1.94. The second-order valence-electron chi connectivity index (χ2n) is 6.87. The fraction of sp³-hybridized carbons (Fsp3) is 0.875. The van der Waals surface area contributed by atoms with Crippen molar-refractivity contribution in [3.63, 3.8) is 0 Å². The number of piperidine rings is 1. The highest BCUT2D eigenvalue weighted by atomic mass is 35.5. The minimum atomic E-state index is -0.0254. The number of amides is 3. The van der Waals surface area contributed by atoms with Crippen LogP contribution in [-0.4, -0.2) is 54.7 Å². The molecule has 3 aliphatic rings. The number of urea groups is 1. The molecule has 4 N–H and O–H groups in total. The molecule has 8 heteroatoms. The van der Waals surface area contributed by atoms with E-state index >= 15 is 0 Å². The topological polar surface area (TPSA) is 82.3 Å². The van der Waals surface area contributed by atoms with Crippen LogP contribution < -0.4 is 21.3 Å². The van der Waals surface area contributed by atoms with Crippen molar-refractivity contribution in [3.05, 3.63) is 0 Å². The van der Waals surface area contributed by atoms with Gasteiger partial charge in [0.25, 0.3) is 0 Å². The van der Waals surface area contributed by atoms with Gasteiger partial charge in [-0.2, -0.15) is 11.8 Å². The van der Waals surface area contributed by atoms with Gasteiger partial charge in [0, 0.05) is 24.0 Å². The third kappa shape index (κ3) is 5.43. The molecule has 0 radical (unpaired) electrons. The molecule has 0 bridgehead atoms. The van der Waals surface area contributed by atoms with Crippen LogP contribution in [0.25, 0.3) is 0 Å². The van der Waals surface area contributed by atoms with Gasteiger partial charge in [0.1, 0.15) is 0 Å². The summed E-state index contributed by atoms with van der Waals surface area (Å²) in [7, 11) is 0. The smallest absolute Gasteiger partial charge is 0.315 e. The summed E-state index contributed by atoms with van der Waals surface area (Å²) in [6.45, 7) is 2.99. The molecule has 3 unspecified atom stereocenters. The lowest BCUT2D eigenvalue weighted by Crippen LogP contribution is -2.37. The lowest BCUT2D eigenvalue weighted by atomic mass is 9.98. The first-order valence-corrected chi connectivity index (χ1v) is 9.93. The van der Waals surface area contributed by atoms with Crippen LogP contribution in [0.15, 0.2) is 0 Å². The van der Waals surface area contributed by atoms with Gasteiger partial charge in [-0.15, -0.1) is 12.4 Å². The molecule has 3 saturated heterocycles. The predicted octanol–water partition coefficient (Wildman–Crippen LogP) is 1.25. The summed E-state index contributed by atoms with van der Waals surface area (Å²) in [5, 5.41) is 12.9. The van der Waals surface area contributed by atoms with Crippen molar-refractivity contribution in [3.8, 4) is 0 Å². The molecular formula is C16H29ClN4O2S. The molecule has 3 heterocycles. The molecule has 0 aliphatic carbocycles. The van der Waals surface area contributed by atoms with Crippen LogP contribution in [0, 0.1) is 5.92 Å². The second kappa shape index (κ2) is 9.73. The third-order valence-electron chi connectivity index (χ3n) is 5.13. The zero-order chi connectivity index (χ0) is 16.1. The Morgan fingerprint density at radius 3 is 2.79 bits per heavy atom. The average molecular weight is 377 g/mol. The third-order valence-corrected chi connectivity index (χ3v) is 6.64. The van der Waals surface area contributed by atoms with E-state index < -0.39 is 0 Å². The maximum Gasteiger partial charge on any atom is 0.315 e. The summed E-state index contributed by atoms with van der Waals surface area (Å²) in [5.41, 5.74) is 0. The Labute approximate surface area is 154 Å². The Morgan fingerprint density at radius 2 is 2.00 bits per heavy atom. The molecule has 3 atom stereocenters. The van der Waals surface area contributed by atoms with Crippen LogP contribution in [0.3, 0.4) is 0 Å². The van der Waals surface area contributed by atoms with Crippen molar-refractivity contribution in [2.75, 3.05) is 25.4 Å². The van der Waals surface area contributed by atoms with Gasteiger partial charge in [0.05, 0.1) is 12.1 Å². The largest absolute Gasteiger partial charge is 0.356 e. The number of carbonyl (C=O) groups excluding carboxylic acids is 2. The molecular weight excluding hydrogens is 348 g/mol. The van der Waals surface area contributed by atoms with Crippen LogP contribution in [0.2, 0.25) is 0 Å². The van der Waals surface area contributed by atoms with Crippen LogP contribution in [-0.2, 0) is 4.79 Å². The fourth-order valence-electron chi connectivity index (χ4n) is 3.71. The normalized spacial score (nSPS) is 29.3. The van der Waals surface area contributed by atoms with Crippen molar-refractivity contribution in [1.29, 1.82) is 0 Å². The first-order valence-electron chi connectivity index (χ1n) is 8.88. The SMILES string of the molecule is Cl.O=C(CCCCC1SCC2NC(=O)NC21)NCC1CCNCC1. The van der Waals surface area contributed by atoms with Crippen LogP contribution >= 0.6 is 24.2 Å². The van der Waals surface area contributed by atoms with Gasteiger partial charge in [0.15, 0.2) is 0 Å². The van der Waals surface area contributed by atoms with E-state index in [9.17, 15) is 9.59 Å². The molecule has 0 aromatic heterocycles. The van der Waals surface area contributed by atoms with Crippen LogP contribution in [0.4, 0.5) is 4.79 Å². The number of nitrogens with one attached hydrogen (secondary N) is 4. The fourth-order valence-corrected chi connectivity index (χ4v) is 5.25. The highest BCUT2D eigenvalue weighted by Crippen LogP contribution is 2.33. The predicted molar refractivity (Wildman–Crippen MR) is 99.8 cm³/mol. The van der Waals surface area contributed by atoms with E-state index in [2.05, 4.69) is 21.3 Å². The maximum absolute atomic E-state index is 11.9. The van der Waals surface area contributed by atoms with Crippen molar-refractivity contribution >= 4 is 36.1 Å². The van der Waals surface area contributed by atoms with Gasteiger partial charge < -0.3 is 21.3 Å². The van der Waals surface area contributed by atoms with E-state index in [0.29, 0.717) is 23.6 Å². The van der Waals surface area contributed by atoms with Gasteiger partial charge in [-0.1, -0.05) is 6.42 Å². The van der Waals surface area contributed by atoms with E-state index in [4.69, 9.17) is 0 Å². The minimum absolute atomic E-state index is 0. The van der Waals surface area contributed by atoms with E-state index in [1.807, 2.05) is 11.8 Å². The summed E-state index contributed by atoms with van der Waals surface area (Å²) in [6.07, 6.45) is 6.03. The van der Waals surface area contributed by atoms with Crippen LogP contribution in [0.1, 0.15) is 38.5 Å². The molecule has 3 aliphatic heterocycles. The van der Waals surface area contributed by atoms with E-state index in [-0.39, 0.29) is 30.4 Å². The Morgan fingerprint density at radius 1 is 1.21 bits per heavy atom. The van der Waals surface area contributed by atoms with Crippen molar-refractivity contribution in [2.45, 2.75) is 55.9 Å². The Bertz CT molecular complexity index is 434. The standard InChI is InChI=1S/C16H28N4O2S.ClH/c21-14(18-9-11-5-7-17-8-6-11)4-2-1-3-13-15-12(10-23-13)19-16(22)20-15;/h11-13,15,17H,1-10H2,(H,18,21)(H2,19,20,22);1H. The molecule has 3 fully saturated rings. The molecule has 0 aromatic rings. The number of rotatable bonds is 7. The Balaban J connectivity index is 0.00000208. The molecule has 138 valence electrons. The molecule has 0 saturated carbocycles. The van der Waals surface area contributed by atoms with E-state index in [1.54, 1.807) is 0 Å². The summed E-state index contributed by atoms with van der Waals surface area (Å²) in [4.78, 5) is 23.2. The zero-order valence-corrected chi connectivity index (χ0v) is 15.6. The van der Waals surface area contributed by atoms with Crippen molar-refractivity contribution < 1.29 is 9.59 Å². The number of hydrogen-bond acceptors (Lipinski definition) is 4. The average Bonchev–Trinajstić information content (AvgIpc) is 3.10. The number of carbonyl (C=O) groups is 2. The summed E-state index contributed by atoms with van der Waals surface area (Å²) in [6, 6.07) is 0.551. The van der Waals surface area contributed by atoms with E-state index in [1.165, 1.54) is 12.8 Å². The molecule has 3 amide bonds. The number of fused-ring (bicyclic) bond motifs is 1. The van der Waals surface area contributed by atoms with Gasteiger partial charge in [0.2, 0.25) is 5.91 Å². The monoisotopic (exact) mass is 376 g/mol. The Hall–Kier alpha value is -0.660. The Kier molecular flexibility index (Phi) is 7.97. The highest BCUT2D eigenvalue weighted by Gasteiger charge is 2.42. The first kappa shape index (κ1) is 19.7. The minimum Gasteiger partial charge on any atom is -0.356 e. The number of unbranched alkanes of at least 4 members (excludes halogenated alkanes) is 1.